The predicted molar refractivity (Wildman–Crippen MR) is 87.2 cm³/mol. The third-order valence-electron chi connectivity index (χ3n) is 3.36. The van der Waals surface area contributed by atoms with Crippen LogP contribution in [0.1, 0.15) is 26.4 Å². The van der Waals surface area contributed by atoms with Gasteiger partial charge in [0.1, 0.15) is 4.88 Å². The molecule has 0 spiro atoms. The summed E-state index contributed by atoms with van der Waals surface area (Å²) in [4.78, 5) is 24.0. The number of aryl methyl sites for hydroxylation is 2. The molecule has 0 aliphatic carbocycles. The quantitative estimate of drug-likeness (QED) is 0.834. The van der Waals surface area contributed by atoms with Crippen LogP contribution in [0, 0.1) is 13.8 Å². The van der Waals surface area contributed by atoms with Crippen LogP contribution in [0.15, 0.2) is 35.7 Å². The number of carbonyl (C=O) groups is 2. The van der Waals surface area contributed by atoms with Gasteiger partial charge in [0.25, 0.3) is 5.91 Å². The first-order valence-electron chi connectivity index (χ1n) is 7.10. The lowest BCUT2D eigenvalue weighted by Gasteiger charge is -2.08. The van der Waals surface area contributed by atoms with Gasteiger partial charge in [-0.2, -0.15) is 0 Å². The SMILES string of the molecule is Cc1ccccc1CCNC(=O)COC(=O)c1sccc1C. The molecule has 1 N–H and O–H groups in total. The Hall–Kier alpha value is -2.14. The molecule has 1 aromatic heterocycles. The first-order valence-corrected chi connectivity index (χ1v) is 7.98. The van der Waals surface area contributed by atoms with Crippen LogP contribution in [0.4, 0.5) is 0 Å². The van der Waals surface area contributed by atoms with Gasteiger partial charge in [-0.05, 0) is 48.4 Å². The molecule has 116 valence electrons. The standard InChI is InChI=1S/C17H19NO3S/c1-12-5-3-4-6-14(12)7-9-18-15(19)11-21-17(20)16-13(2)8-10-22-16/h3-6,8,10H,7,9,11H2,1-2H3,(H,18,19). The monoisotopic (exact) mass is 317 g/mol. The molecule has 0 unspecified atom stereocenters. The lowest BCUT2D eigenvalue weighted by atomic mass is 10.1. The highest BCUT2D eigenvalue weighted by Crippen LogP contribution is 2.16. The highest BCUT2D eigenvalue weighted by molar-refractivity contribution is 7.12. The zero-order valence-electron chi connectivity index (χ0n) is 12.7. The van der Waals surface area contributed by atoms with Crippen LogP contribution in [-0.4, -0.2) is 25.0 Å². The molecule has 5 heteroatoms. The molecule has 1 heterocycles. The van der Waals surface area contributed by atoms with Crippen LogP contribution >= 0.6 is 11.3 Å². The van der Waals surface area contributed by atoms with Gasteiger partial charge in [-0.3, -0.25) is 4.79 Å². The Morgan fingerprint density at radius 3 is 2.59 bits per heavy atom. The third-order valence-corrected chi connectivity index (χ3v) is 4.36. The molecule has 4 nitrogen and oxygen atoms in total. The second-order valence-electron chi connectivity index (χ2n) is 5.04. The Bertz CT molecular complexity index is 663. The fourth-order valence-corrected chi connectivity index (χ4v) is 2.87. The van der Waals surface area contributed by atoms with E-state index in [1.54, 1.807) is 0 Å². The second-order valence-corrected chi connectivity index (χ2v) is 5.95. The van der Waals surface area contributed by atoms with E-state index in [1.807, 2.05) is 49.6 Å². The lowest BCUT2D eigenvalue weighted by Crippen LogP contribution is -2.30. The molecule has 22 heavy (non-hydrogen) atoms. The highest BCUT2D eigenvalue weighted by Gasteiger charge is 2.13. The Labute approximate surface area is 134 Å². The maximum Gasteiger partial charge on any atom is 0.349 e. The van der Waals surface area contributed by atoms with Gasteiger partial charge in [0.05, 0.1) is 0 Å². The fourth-order valence-electron chi connectivity index (χ4n) is 2.06. The summed E-state index contributed by atoms with van der Waals surface area (Å²) >= 11 is 1.32. The average Bonchev–Trinajstić information content (AvgIpc) is 2.93. The van der Waals surface area contributed by atoms with E-state index in [0.717, 1.165) is 12.0 Å². The van der Waals surface area contributed by atoms with Crippen LogP contribution in [0.2, 0.25) is 0 Å². The number of hydrogen-bond donors (Lipinski definition) is 1. The zero-order valence-corrected chi connectivity index (χ0v) is 13.5. The minimum absolute atomic E-state index is 0.246. The van der Waals surface area contributed by atoms with E-state index in [1.165, 1.54) is 22.5 Å². The van der Waals surface area contributed by atoms with Crippen LogP contribution in [-0.2, 0) is 16.0 Å². The van der Waals surface area contributed by atoms with Crippen molar-refractivity contribution in [3.05, 3.63) is 57.3 Å². The van der Waals surface area contributed by atoms with Gasteiger partial charge in [0.15, 0.2) is 6.61 Å². The molecule has 0 saturated heterocycles. The summed E-state index contributed by atoms with van der Waals surface area (Å²) in [6.07, 6.45) is 0.760. The van der Waals surface area contributed by atoms with Gasteiger partial charge in [0, 0.05) is 6.54 Å². The van der Waals surface area contributed by atoms with E-state index in [-0.39, 0.29) is 12.5 Å². The van der Waals surface area contributed by atoms with Crippen molar-refractivity contribution in [2.75, 3.05) is 13.2 Å². The normalized spacial score (nSPS) is 10.3. The maximum absolute atomic E-state index is 11.8. The number of thiophene rings is 1. The van der Waals surface area contributed by atoms with E-state index >= 15 is 0 Å². The molecule has 0 radical (unpaired) electrons. The van der Waals surface area contributed by atoms with Crippen LogP contribution < -0.4 is 5.32 Å². The van der Waals surface area contributed by atoms with Crippen molar-refractivity contribution in [1.82, 2.24) is 5.32 Å². The van der Waals surface area contributed by atoms with Gasteiger partial charge in [-0.1, -0.05) is 24.3 Å². The number of rotatable bonds is 6. The van der Waals surface area contributed by atoms with E-state index in [0.29, 0.717) is 11.4 Å². The minimum Gasteiger partial charge on any atom is -0.451 e. The molecule has 1 amide bonds. The predicted octanol–water partition coefficient (Wildman–Crippen LogP) is 2.88. The van der Waals surface area contributed by atoms with Crippen molar-refractivity contribution >= 4 is 23.2 Å². The minimum atomic E-state index is -0.443. The second kappa shape index (κ2) is 7.75. The molecule has 0 atom stereocenters. The maximum atomic E-state index is 11.8. The molecule has 0 fully saturated rings. The molecular formula is C17H19NO3S. The fraction of sp³-hybridized carbons (Fsp3) is 0.294. The van der Waals surface area contributed by atoms with Crippen LogP contribution in [0.3, 0.4) is 0 Å². The summed E-state index contributed by atoms with van der Waals surface area (Å²) in [5, 5.41) is 4.59. The molecule has 2 rings (SSSR count). The van der Waals surface area contributed by atoms with Crippen molar-refractivity contribution in [3.8, 4) is 0 Å². The third kappa shape index (κ3) is 4.43. The summed E-state index contributed by atoms with van der Waals surface area (Å²) in [6, 6.07) is 9.91. The van der Waals surface area contributed by atoms with Gasteiger partial charge in [-0.25, -0.2) is 4.79 Å². The number of nitrogens with one attached hydrogen (secondary N) is 1. The largest absolute Gasteiger partial charge is 0.451 e. The lowest BCUT2D eigenvalue weighted by molar-refractivity contribution is -0.124. The van der Waals surface area contributed by atoms with E-state index in [9.17, 15) is 9.59 Å². The average molecular weight is 317 g/mol. The van der Waals surface area contributed by atoms with E-state index < -0.39 is 5.97 Å². The summed E-state index contributed by atoms with van der Waals surface area (Å²) in [7, 11) is 0. The highest BCUT2D eigenvalue weighted by atomic mass is 32.1. The molecule has 0 aliphatic heterocycles. The molecule has 2 aromatic rings. The number of benzene rings is 1. The number of esters is 1. The summed E-state index contributed by atoms with van der Waals surface area (Å²) in [5.41, 5.74) is 3.28. The number of carbonyl (C=O) groups excluding carboxylic acids is 2. The Balaban J connectivity index is 1.71. The van der Waals surface area contributed by atoms with Crippen molar-refractivity contribution in [1.29, 1.82) is 0 Å². The summed E-state index contributed by atoms with van der Waals surface area (Å²) in [5.74, 6) is -0.724. The number of amides is 1. The Kier molecular flexibility index (Phi) is 5.72. The van der Waals surface area contributed by atoms with E-state index in [4.69, 9.17) is 4.74 Å². The topological polar surface area (TPSA) is 55.4 Å². The zero-order chi connectivity index (χ0) is 15.9. The van der Waals surface area contributed by atoms with Crippen LogP contribution in [0.25, 0.3) is 0 Å². The number of hydrogen-bond acceptors (Lipinski definition) is 4. The first-order chi connectivity index (χ1) is 10.6. The van der Waals surface area contributed by atoms with Gasteiger partial charge in [0.2, 0.25) is 0 Å². The summed E-state index contributed by atoms with van der Waals surface area (Å²) in [6.45, 7) is 4.17. The van der Waals surface area contributed by atoms with Gasteiger partial charge in [-0.15, -0.1) is 11.3 Å². The smallest absolute Gasteiger partial charge is 0.349 e. The molecule has 1 aromatic carbocycles. The summed E-state index contributed by atoms with van der Waals surface area (Å²) < 4.78 is 5.01. The van der Waals surface area contributed by atoms with Crippen molar-refractivity contribution in [3.63, 3.8) is 0 Å². The Morgan fingerprint density at radius 1 is 1.14 bits per heavy atom. The van der Waals surface area contributed by atoms with Gasteiger partial charge < -0.3 is 10.1 Å². The van der Waals surface area contributed by atoms with Crippen molar-refractivity contribution < 1.29 is 14.3 Å². The number of ether oxygens (including phenoxy) is 1. The molecule has 0 bridgehead atoms. The van der Waals surface area contributed by atoms with Crippen molar-refractivity contribution in [2.45, 2.75) is 20.3 Å². The molecule has 0 aliphatic rings. The molecule has 0 saturated carbocycles. The van der Waals surface area contributed by atoms with Crippen LogP contribution in [0.5, 0.6) is 0 Å². The Morgan fingerprint density at radius 2 is 1.91 bits per heavy atom. The van der Waals surface area contributed by atoms with Gasteiger partial charge >= 0.3 is 5.97 Å². The first kappa shape index (κ1) is 16.2. The van der Waals surface area contributed by atoms with E-state index in [2.05, 4.69) is 5.32 Å². The van der Waals surface area contributed by atoms with Crippen molar-refractivity contribution in [2.24, 2.45) is 0 Å². The molecular weight excluding hydrogens is 298 g/mol.